The van der Waals surface area contributed by atoms with Crippen LogP contribution < -0.4 is 15.4 Å². The molecule has 0 aliphatic rings. The van der Waals surface area contributed by atoms with Gasteiger partial charge in [0.1, 0.15) is 0 Å². The highest BCUT2D eigenvalue weighted by atomic mass is 35.5. The number of fused-ring (bicyclic) bond motifs is 1. The molecule has 8 heteroatoms. The number of rotatable bonds is 5. The number of anilines is 1. The molecule has 0 atom stereocenters. The average molecular weight is 373 g/mol. The van der Waals surface area contributed by atoms with Gasteiger partial charge < -0.3 is 20.4 Å². The topological polar surface area (TPSA) is 96.1 Å². The lowest BCUT2D eigenvalue weighted by Gasteiger charge is -2.07. The molecule has 26 heavy (non-hydrogen) atoms. The van der Waals surface area contributed by atoms with Crippen LogP contribution in [-0.2, 0) is 16.0 Å². The third kappa shape index (κ3) is 4.12. The van der Waals surface area contributed by atoms with Crippen LogP contribution in [0.25, 0.3) is 10.9 Å². The average Bonchev–Trinajstić information content (AvgIpc) is 3.04. The maximum Gasteiger partial charge on any atom is 0.313 e. The molecule has 7 nitrogen and oxygen atoms in total. The van der Waals surface area contributed by atoms with Crippen molar-refractivity contribution in [3.8, 4) is 5.88 Å². The van der Waals surface area contributed by atoms with E-state index in [0.29, 0.717) is 29.6 Å². The van der Waals surface area contributed by atoms with Gasteiger partial charge in [-0.2, -0.15) is 0 Å². The first-order chi connectivity index (χ1) is 12.6. The second-order valence-corrected chi connectivity index (χ2v) is 5.99. The molecule has 0 fully saturated rings. The van der Waals surface area contributed by atoms with Gasteiger partial charge in [0.15, 0.2) is 0 Å². The number of amides is 2. The van der Waals surface area contributed by atoms with E-state index in [2.05, 4.69) is 20.6 Å². The van der Waals surface area contributed by atoms with Gasteiger partial charge in [0, 0.05) is 34.7 Å². The molecular weight excluding hydrogens is 356 g/mol. The van der Waals surface area contributed by atoms with Gasteiger partial charge in [0.25, 0.3) is 0 Å². The molecule has 0 aliphatic heterocycles. The van der Waals surface area contributed by atoms with Crippen molar-refractivity contribution < 1.29 is 14.3 Å². The zero-order chi connectivity index (χ0) is 18.5. The van der Waals surface area contributed by atoms with Gasteiger partial charge in [-0.05, 0) is 36.2 Å². The van der Waals surface area contributed by atoms with E-state index in [-0.39, 0.29) is 0 Å². The Labute approximate surface area is 154 Å². The highest BCUT2D eigenvalue weighted by Gasteiger charge is 2.14. The summed E-state index contributed by atoms with van der Waals surface area (Å²) in [7, 11) is 1.50. The normalized spacial score (nSPS) is 10.5. The summed E-state index contributed by atoms with van der Waals surface area (Å²) in [6, 6.07) is 8.77. The number of pyridine rings is 1. The lowest BCUT2D eigenvalue weighted by atomic mass is 10.1. The molecule has 2 heterocycles. The first kappa shape index (κ1) is 17.8. The van der Waals surface area contributed by atoms with Crippen LogP contribution in [0.5, 0.6) is 5.88 Å². The Balaban J connectivity index is 1.52. The lowest BCUT2D eigenvalue weighted by Crippen LogP contribution is -2.36. The molecule has 3 aromatic rings. The summed E-state index contributed by atoms with van der Waals surface area (Å²) in [5.41, 5.74) is 2.40. The van der Waals surface area contributed by atoms with Gasteiger partial charge in [0.05, 0.1) is 19.0 Å². The maximum absolute atomic E-state index is 11.9. The van der Waals surface area contributed by atoms with Crippen molar-refractivity contribution in [1.29, 1.82) is 0 Å². The first-order valence-electron chi connectivity index (χ1n) is 7.91. The van der Waals surface area contributed by atoms with Crippen LogP contribution in [0, 0.1) is 0 Å². The van der Waals surface area contributed by atoms with E-state index in [1.807, 2.05) is 24.4 Å². The van der Waals surface area contributed by atoms with Gasteiger partial charge in [-0.25, -0.2) is 4.98 Å². The van der Waals surface area contributed by atoms with Crippen molar-refractivity contribution in [1.82, 2.24) is 15.3 Å². The van der Waals surface area contributed by atoms with E-state index in [1.165, 1.54) is 13.3 Å². The van der Waals surface area contributed by atoms with Crippen molar-refractivity contribution in [3.05, 3.63) is 53.3 Å². The van der Waals surface area contributed by atoms with E-state index in [1.54, 1.807) is 12.1 Å². The van der Waals surface area contributed by atoms with Gasteiger partial charge in [-0.3, -0.25) is 9.59 Å². The Bertz CT molecular complexity index is 937. The number of hydrogen-bond acceptors (Lipinski definition) is 4. The number of halogens is 1. The van der Waals surface area contributed by atoms with Crippen molar-refractivity contribution in [2.75, 3.05) is 19.0 Å². The second-order valence-electron chi connectivity index (χ2n) is 5.55. The van der Waals surface area contributed by atoms with Crippen LogP contribution in [0.3, 0.4) is 0 Å². The number of ether oxygens (including phenoxy) is 1. The molecule has 2 amide bonds. The number of nitrogens with zero attached hydrogens (tertiary/aromatic N) is 1. The zero-order valence-corrected chi connectivity index (χ0v) is 14.8. The van der Waals surface area contributed by atoms with Crippen molar-refractivity contribution >= 4 is 40.0 Å². The predicted molar refractivity (Wildman–Crippen MR) is 99.4 cm³/mol. The van der Waals surface area contributed by atoms with Crippen LogP contribution in [0.15, 0.2) is 42.7 Å². The Hall–Kier alpha value is -3.06. The molecular formula is C18H17ClN4O3. The van der Waals surface area contributed by atoms with Gasteiger partial charge >= 0.3 is 11.8 Å². The molecule has 3 N–H and O–H groups in total. The van der Waals surface area contributed by atoms with Crippen molar-refractivity contribution in [3.63, 3.8) is 0 Å². The molecule has 2 aromatic heterocycles. The number of aromatic nitrogens is 2. The Morgan fingerprint density at radius 2 is 2.08 bits per heavy atom. The van der Waals surface area contributed by atoms with E-state index in [9.17, 15) is 9.59 Å². The Morgan fingerprint density at radius 3 is 2.81 bits per heavy atom. The summed E-state index contributed by atoms with van der Waals surface area (Å²) in [5, 5.41) is 6.73. The Morgan fingerprint density at radius 1 is 1.23 bits per heavy atom. The summed E-state index contributed by atoms with van der Waals surface area (Å²) in [6.07, 6.45) is 3.86. The molecule has 3 rings (SSSR count). The highest BCUT2D eigenvalue weighted by molar-refractivity contribution is 6.39. The quantitative estimate of drug-likeness (QED) is 0.599. The van der Waals surface area contributed by atoms with Crippen LogP contribution in [-0.4, -0.2) is 35.4 Å². The van der Waals surface area contributed by atoms with Crippen LogP contribution in [0.1, 0.15) is 5.56 Å². The van der Waals surface area contributed by atoms with E-state index in [0.717, 1.165) is 16.5 Å². The standard InChI is InChI=1S/C18H17ClN4O3/c1-26-16-5-3-13(10-22-16)23-18(25)17(24)20-7-6-11-9-21-15-4-2-12(19)8-14(11)15/h2-5,8-10,21H,6-7H2,1H3,(H,20,24)(H,23,25). The summed E-state index contributed by atoms with van der Waals surface area (Å²) < 4.78 is 4.93. The smallest absolute Gasteiger partial charge is 0.313 e. The number of methoxy groups -OCH3 is 1. The molecule has 0 bridgehead atoms. The minimum atomic E-state index is -0.751. The fourth-order valence-electron chi connectivity index (χ4n) is 2.51. The number of nitrogens with one attached hydrogen (secondary N) is 3. The molecule has 0 saturated heterocycles. The predicted octanol–water partition coefficient (Wildman–Crippen LogP) is 2.52. The van der Waals surface area contributed by atoms with E-state index >= 15 is 0 Å². The van der Waals surface area contributed by atoms with Crippen molar-refractivity contribution in [2.24, 2.45) is 0 Å². The van der Waals surface area contributed by atoms with Crippen LogP contribution in [0.4, 0.5) is 5.69 Å². The number of benzene rings is 1. The minimum Gasteiger partial charge on any atom is -0.481 e. The number of H-pyrrole nitrogens is 1. The third-order valence-electron chi connectivity index (χ3n) is 3.82. The molecule has 0 saturated carbocycles. The largest absolute Gasteiger partial charge is 0.481 e. The molecule has 0 aliphatic carbocycles. The monoisotopic (exact) mass is 372 g/mol. The maximum atomic E-state index is 11.9. The minimum absolute atomic E-state index is 0.326. The molecule has 0 spiro atoms. The van der Waals surface area contributed by atoms with Gasteiger partial charge in [-0.1, -0.05) is 11.6 Å². The van der Waals surface area contributed by atoms with Gasteiger partial charge in [-0.15, -0.1) is 0 Å². The van der Waals surface area contributed by atoms with E-state index in [4.69, 9.17) is 16.3 Å². The molecule has 1 aromatic carbocycles. The number of carbonyl (C=O) groups excluding carboxylic acids is 2. The first-order valence-corrected chi connectivity index (χ1v) is 8.29. The van der Waals surface area contributed by atoms with Crippen LogP contribution >= 0.6 is 11.6 Å². The van der Waals surface area contributed by atoms with Gasteiger partial charge in [0.2, 0.25) is 5.88 Å². The highest BCUT2D eigenvalue weighted by Crippen LogP contribution is 2.22. The fourth-order valence-corrected chi connectivity index (χ4v) is 2.68. The zero-order valence-electron chi connectivity index (χ0n) is 14.0. The van der Waals surface area contributed by atoms with Crippen molar-refractivity contribution in [2.45, 2.75) is 6.42 Å². The second kappa shape index (κ2) is 7.88. The Kier molecular flexibility index (Phi) is 5.38. The van der Waals surface area contributed by atoms with Crippen LogP contribution in [0.2, 0.25) is 5.02 Å². The number of carbonyl (C=O) groups is 2. The van der Waals surface area contributed by atoms with E-state index < -0.39 is 11.8 Å². The lowest BCUT2D eigenvalue weighted by molar-refractivity contribution is -0.136. The fraction of sp³-hybridized carbons (Fsp3) is 0.167. The number of aromatic amines is 1. The molecule has 0 unspecified atom stereocenters. The SMILES string of the molecule is COc1ccc(NC(=O)C(=O)NCCc2c[nH]c3ccc(Cl)cc23)cn1. The summed E-state index contributed by atoms with van der Waals surface area (Å²) in [4.78, 5) is 30.9. The third-order valence-corrected chi connectivity index (χ3v) is 4.05. The summed E-state index contributed by atoms with van der Waals surface area (Å²) in [5.74, 6) is -1.04. The molecule has 134 valence electrons. The number of hydrogen-bond donors (Lipinski definition) is 3. The summed E-state index contributed by atoms with van der Waals surface area (Å²) >= 11 is 6.02. The summed E-state index contributed by atoms with van der Waals surface area (Å²) in [6.45, 7) is 0.326. The molecule has 0 radical (unpaired) electrons.